The van der Waals surface area contributed by atoms with Crippen LogP contribution in [0.15, 0.2) is 66.3 Å². The molecule has 1 heterocycles. The Balaban J connectivity index is 0.000000463. The van der Waals surface area contributed by atoms with Gasteiger partial charge in [0.05, 0.1) is 0 Å². The zero-order valence-corrected chi connectivity index (χ0v) is 18.6. The van der Waals surface area contributed by atoms with Gasteiger partial charge in [0.25, 0.3) is 0 Å². The van der Waals surface area contributed by atoms with Crippen LogP contribution < -0.4 is 24.8 Å². The van der Waals surface area contributed by atoms with Crippen molar-refractivity contribution >= 4 is 10.8 Å². The van der Waals surface area contributed by atoms with Gasteiger partial charge in [-0.15, -0.1) is 64.6 Å². The molecule has 0 fully saturated rings. The molecule has 122 valence electrons. The van der Waals surface area contributed by atoms with Crippen LogP contribution in [0.1, 0.15) is 20.3 Å². The van der Waals surface area contributed by atoms with E-state index in [-0.39, 0.29) is 50.7 Å². The Morgan fingerprint density at radius 3 is 2.25 bits per heavy atom. The summed E-state index contributed by atoms with van der Waals surface area (Å²) in [5, 5.41) is 10.1. The van der Waals surface area contributed by atoms with Gasteiger partial charge in [0.2, 0.25) is 0 Å². The molecule has 2 aromatic carbocycles. The van der Waals surface area contributed by atoms with Crippen molar-refractivity contribution in [2.75, 3.05) is 0 Å². The number of rotatable bonds is 1. The third kappa shape index (κ3) is 5.47. The first-order valence-corrected chi connectivity index (χ1v) is 6.99. The van der Waals surface area contributed by atoms with Crippen LogP contribution in [0, 0.1) is 6.08 Å². The van der Waals surface area contributed by atoms with Gasteiger partial charge in [-0.3, -0.25) is 6.08 Å². The molecule has 3 nitrogen and oxygen atoms in total. The van der Waals surface area contributed by atoms with Crippen molar-refractivity contribution in [1.29, 1.82) is 0 Å². The first-order valence-electron chi connectivity index (χ1n) is 6.99. The molecule has 0 N–H and O–H groups in total. The van der Waals surface area contributed by atoms with E-state index >= 15 is 0 Å². The summed E-state index contributed by atoms with van der Waals surface area (Å²) in [6.45, 7) is 4.22. The Morgan fingerprint density at radius 2 is 1.75 bits per heavy atom. The van der Waals surface area contributed by atoms with Gasteiger partial charge in [0.15, 0.2) is 0 Å². The summed E-state index contributed by atoms with van der Waals surface area (Å²) in [6, 6.07) is 12.5. The molecule has 1 aromatic heterocycles. The van der Waals surface area contributed by atoms with E-state index in [0.29, 0.717) is 0 Å². The van der Waals surface area contributed by atoms with Gasteiger partial charge in [-0.25, -0.2) is 11.1 Å². The molecule has 3 aromatic rings. The maximum atomic E-state index is 3.78. The summed E-state index contributed by atoms with van der Waals surface area (Å²) in [6.07, 6.45) is 9.81. The van der Waals surface area contributed by atoms with Crippen LogP contribution >= 0.6 is 0 Å². The predicted molar refractivity (Wildman–Crippen MR) is 85.3 cm³/mol. The second kappa shape index (κ2) is 10.7. The minimum atomic E-state index is 0. The van der Waals surface area contributed by atoms with Gasteiger partial charge >= 0.3 is 25.8 Å². The SMILES string of the molecule is CC1=[C-]CC=C1C.[Cl-].[Cl-].[Hf+4].c1ccc2[cH-]c(-n3cnnc3)cc2c1. The minimum absolute atomic E-state index is 0. The van der Waals surface area contributed by atoms with Crippen molar-refractivity contribution in [2.24, 2.45) is 0 Å². The first-order chi connectivity index (χ1) is 10.2. The summed E-state index contributed by atoms with van der Waals surface area (Å²) >= 11 is 0. The third-order valence-corrected chi connectivity index (χ3v) is 3.69. The minimum Gasteiger partial charge on any atom is -1.00 e. The van der Waals surface area contributed by atoms with Crippen molar-refractivity contribution in [3.8, 4) is 5.69 Å². The molecule has 0 saturated carbocycles. The number of hydrogen-bond acceptors (Lipinski definition) is 2. The Hall–Kier alpha value is -1.10. The van der Waals surface area contributed by atoms with Gasteiger partial charge in [-0.05, 0) is 5.69 Å². The molecular formula is C18H17Cl2HfN3. The zero-order chi connectivity index (χ0) is 14.7. The molecule has 4 rings (SSSR count). The van der Waals surface area contributed by atoms with Crippen LogP contribution in [0.3, 0.4) is 0 Å². The molecule has 0 radical (unpaired) electrons. The normalized spacial score (nSPS) is 11.9. The van der Waals surface area contributed by atoms with E-state index in [4.69, 9.17) is 0 Å². The molecule has 0 aliphatic heterocycles. The number of nitrogens with zero attached hydrogens (tertiary/aromatic N) is 3. The molecule has 0 amide bonds. The second-order valence-electron chi connectivity index (χ2n) is 5.10. The summed E-state index contributed by atoms with van der Waals surface area (Å²) in [4.78, 5) is 0. The van der Waals surface area contributed by atoms with Gasteiger partial charge in [-0.2, -0.15) is 6.08 Å². The fourth-order valence-corrected chi connectivity index (χ4v) is 2.27. The number of aromatic nitrogens is 3. The summed E-state index contributed by atoms with van der Waals surface area (Å²) in [7, 11) is 0. The average Bonchev–Trinajstić information content (AvgIpc) is 3.21. The topological polar surface area (TPSA) is 30.7 Å². The number of hydrogen-bond donors (Lipinski definition) is 0. The molecule has 1 aliphatic rings. The van der Waals surface area contributed by atoms with E-state index in [0.717, 1.165) is 12.1 Å². The Morgan fingerprint density at radius 1 is 1.08 bits per heavy atom. The number of halogens is 2. The van der Waals surface area contributed by atoms with E-state index in [9.17, 15) is 0 Å². The van der Waals surface area contributed by atoms with E-state index < -0.39 is 0 Å². The maximum absolute atomic E-state index is 3.78. The van der Waals surface area contributed by atoms with Gasteiger partial charge in [0, 0.05) is 0 Å². The molecule has 0 atom stereocenters. The van der Waals surface area contributed by atoms with E-state index in [1.165, 1.54) is 21.9 Å². The van der Waals surface area contributed by atoms with Crippen LogP contribution in [0.2, 0.25) is 0 Å². The van der Waals surface area contributed by atoms with Crippen LogP contribution in [0.4, 0.5) is 0 Å². The molecule has 24 heavy (non-hydrogen) atoms. The van der Waals surface area contributed by atoms with Crippen molar-refractivity contribution in [1.82, 2.24) is 14.8 Å². The van der Waals surface area contributed by atoms with Crippen LogP contribution in [-0.2, 0) is 25.8 Å². The Labute approximate surface area is 173 Å². The summed E-state index contributed by atoms with van der Waals surface area (Å²) in [5.41, 5.74) is 3.82. The Kier molecular flexibility index (Phi) is 10.2. The second-order valence-corrected chi connectivity index (χ2v) is 5.10. The maximum Gasteiger partial charge on any atom is 4.00 e. The number of allylic oxidation sites excluding steroid dienone is 4. The summed E-state index contributed by atoms with van der Waals surface area (Å²) in [5.74, 6) is 0. The van der Waals surface area contributed by atoms with Crippen LogP contribution in [0.5, 0.6) is 0 Å². The molecule has 1 aliphatic carbocycles. The fraction of sp³-hybridized carbons (Fsp3) is 0.167. The van der Waals surface area contributed by atoms with Crippen LogP contribution in [-0.4, -0.2) is 14.8 Å². The first kappa shape index (κ1) is 22.9. The van der Waals surface area contributed by atoms with Gasteiger partial charge < -0.3 is 29.4 Å². The molecule has 0 unspecified atom stereocenters. The standard InChI is InChI=1S/C11H8N3.C7H9.2ClH.Hf/c1-2-4-10-6-11(5-9(10)3-1)14-7-12-13-8-14;1-6-4-3-5-7(6)2;;;/h1-8H;4H,3H2,1-2H3;2*1H;/q2*-1;;;+4/p-2. The van der Waals surface area contributed by atoms with Crippen LogP contribution in [0.25, 0.3) is 16.5 Å². The zero-order valence-electron chi connectivity index (χ0n) is 13.5. The summed E-state index contributed by atoms with van der Waals surface area (Å²) < 4.78 is 1.90. The monoisotopic (exact) mass is 525 g/mol. The number of benzene rings is 1. The Bertz CT molecular complexity index is 756. The molecule has 6 heteroatoms. The van der Waals surface area contributed by atoms with Crippen molar-refractivity contribution in [3.05, 3.63) is 72.4 Å². The van der Waals surface area contributed by atoms with Gasteiger partial charge in [0.1, 0.15) is 12.7 Å². The van der Waals surface area contributed by atoms with Crippen molar-refractivity contribution in [2.45, 2.75) is 20.3 Å². The molecule has 0 saturated heterocycles. The molecule has 0 spiro atoms. The smallest absolute Gasteiger partial charge is 1.00 e. The number of fused-ring (bicyclic) bond motifs is 1. The predicted octanol–water partition coefficient (Wildman–Crippen LogP) is -1.77. The van der Waals surface area contributed by atoms with E-state index in [1.54, 1.807) is 12.7 Å². The largest absolute Gasteiger partial charge is 4.00 e. The average molecular weight is 525 g/mol. The van der Waals surface area contributed by atoms with Gasteiger partial charge in [-0.1, -0.05) is 13.0 Å². The molecular weight excluding hydrogens is 508 g/mol. The molecule has 0 bridgehead atoms. The van der Waals surface area contributed by atoms with E-state index in [1.807, 2.05) is 16.7 Å². The van der Waals surface area contributed by atoms with Crippen molar-refractivity contribution in [3.63, 3.8) is 0 Å². The fourth-order valence-electron chi connectivity index (χ4n) is 2.27. The quantitative estimate of drug-likeness (QED) is 0.279. The van der Waals surface area contributed by atoms with E-state index in [2.05, 4.69) is 60.5 Å². The third-order valence-electron chi connectivity index (χ3n) is 3.69. The van der Waals surface area contributed by atoms with Crippen molar-refractivity contribution < 1.29 is 50.7 Å².